The van der Waals surface area contributed by atoms with Crippen molar-refractivity contribution < 1.29 is 14.3 Å². The van der Waals surface area contributed by atoms with E-state index in [9.17, 15) is 4.79 Å². The van der Waals surface area contributed by atoms with E-state index in [0.717, 1.165) is 50.8 Å². The van der Waals surface area contributed by atoms with Crippen LogP contribution in [0.4, 0.5) is 0 Å². The normalized spacial score (nSPS) is 35.4. The quantitative estimate of drug-likeness (QED) is 0.774. The zero-order valence-corrected chi connectivity index (χ0v) is 15.6. The van der Waals surface area contributed by atoms with E-state index in [1.54, 1.807) is 0 Å². The minimum atomic E-state index is -0.512. The lowest BCUT2D eigenvalue weighted by molar-refractivity contribution is -0.145. The second kappa shape index (κ2) is 7.57. The molecule has 1 aromatic rings. The van der Waals surface area contributed by atoms with Crippen molar-refractivity contribution >= 4 is 5.91 Å². The lowest BCUT2D eigenvalue weighted by atomic mass is 9.82. The molecule has 3 atom stereocenters. The molecule has 4 aliphatic rings. The van der Waals surface area contributed by atoms with Crippen LogP contribution in [0.5, 0.6) is 5.75 Å². The summed E-state index contributed by atoms with van der Waals surface area (Å²) >= 11 is 0. The minimum absolute atomic E-state index is 0.0198. The van der Waals surface area contributed by atoms with Crippen molar-refractivity contribution in [2.24, 2.45) is 5.73 Å². The van der Waals surface area contributed by atoms with Crippen molar-refractivity contribution in [1.29, 1.82) is 0 Å². The predicted octanol–water partition coefficient (Wildman–Crippen LogP) is 2.83. The Morgan fingerprint density at radius 2 is 1.88 bits per heavy atom. The summed E-state index contributed by atoms with van der Waals surface area (Å²) in [5.41, 5.74) is 7.60. The number of nitrogens with two attached hydrogens (primary N) is 1. The summed E-state index contributed by atoms with van der Waals surface area (Å²) in [6.45, 7) is 3.14. The Balaban J connectivity index is 1.66. The van der Waals surface area contributed by atoms with E-state index in [1.165, 1.54) is 5.56 Å². The number of ether oxygens (including phenoxy) is 2. The zero-order valence-electron chi connectivity index (χ0n) is 15.6. The maximum atomic E-state index is 13.1. The molecule has 0 spiro atoms. The Morgan fingerprint density at radius 3 is 2.69 bits per heavy atom. The van der Waals surface area contributed by atoms with Crippen molar-refractivity contribution in [3.63, 3.8) is 0 Å². The van der Waals surface area contributed by atoms with Crippen LogP contribution in [0.3, 0.4) is 0 Å². The van der Waals surface area contributed by atoms with Gasteiger partial charge < -0.3 is 20.1 Å². The van der Waals surface area contributed by atoms with E-state index in [1.807, 2.05) is 24.0 Å². The largest absolute Gasteiger partial charge is 0.481 e. The van der Waals surface area contributed by atoms with E-state index in [-0.39, 0.29) is 24.1 Å². The average molecular weight is 358 g/mol. The summed E-state index contributed by atoms with van der Waals surface area (Å²) in [6.07, 6.45) is 5.99. The SMILES string of the molecule is C[C@H]1Oc2ccccc2[C@H]2CC[C@H](CC2)OC[C@H]2[C@@H](N)CCCN2C1=O. The van der Waals surface area contributed by atoms with Crippen molar-refractivity contribution in [3.05, 3.63) is 29.8 Å². The lowest BCUT2D eigenvalue weighted by Gasteiger charge is -2.41. The highest BCUT2D eigenvalue weighted by Gasteiger charge is 2.37. The van der Waals surface area contributed by atoms with Crippen molar-refractivity contribution in [2.75, 3.05) is 13.2 Å². The number of amides is 1. The molecule has 1 aromatic carbocycles. The fraction of sp³-hybridized carbons (Fsp3) is 0.667. The van der Waals surface area contributed by atoms with E-state index in [0.29, 0.717) is 12.5 Å². The second-order valence-corrected chi connectivity index (χ2v) is 8.01. The maximum absolute atomic E-state index is 13.1. The molecule has 0 radical (unpaired) electrons. The number of carbonyl (C=O) groups excluding carboxylic acids is 1. The first-order valence-electron chi connectivity index (χ1n) is 10.1. The molecule has 2 fully saturated rings. The maximum Gasteiger partial charge on any atom is 0.263 e. The molecule has 1 amide bonds. The van der Waals surface area contributed by atoms with Gasteiger partial charge in [0.25, 0.3) is 5.91 Å². The molecular weight excluding hydrogens is 328 g/mol. The third kappa shape index (κ3) is 3.47. The van der Waals surface area contributed by atoms with Gasteiger partial charge in [0.15, 0.2) is 6.10 Å². The highest BCUT2D eigenvalue weighted by Crippen LogP contribution is 2.39. The van der Waals surface area contributed by atoms with Gasteiger partial charge in [-0.2, -0.15) is 0 Å². The molecule has 5 nitrogen and oxygen atoms in total. The van der Waals surface area contributed by atoms with Crippen LogP contribution in [0.15, 0.2) is 24.3 Å². The van der Waals surface area contributed by atoms with Crippen molar-refractivity contribution in [1.82, 2.24) is 4.90 Å². The Kier molecular flexibility index (Phi) is 5.18. The number of benzene rings is 1. The molecular formula is C21H30N2O3. The Hall–Kier alpha value is -1.59. The molecule has 0 aromatic heterocycles. The molecule has 5 heteroatoms. The van der Waals surface area contributed by atoms with Crippen LogP contribution in [-0.2, 0) is 9.53 Å². The van der Waals surface area contributed by atoms with Gasteiger partial charge in [-0.15, -0.1) is 0 Å². The highest BCUT2D eigenvalue weighted by molar-refractivity contribution is 5.81. The highest BCUT2D eigenvalue weighted by atomic mass is 16.5. The molecule has 5 rings (SSSR count). The predicted molar refractivity (Wildman–Crippen MR) is 100 cm³/mol. The van der Waals surface area contributed by atoms with Crippen LogP contribution in [0.2, 0.25) is 0 Å². The summed E-state index contributed by atoms with van der Waals surface area (Å²) in [4.78, 5) is 15.0. The molecule has 2 bridgehead atoms. The molecule has 1 saturated carbocycles. The number of hydrogen-bond donors (Lipinski definition) is 1. The number of fused-ring (bicyclic) bond motifs is 5. The summed E-state index contributed by atoms with van der Waals surface area (Å²) in [7, 11) is 0. The number of carbonyl (C=O) groups is 1. The lowest BCUT2D eigenvalue weighted by Crippen LogP contribution is -2.59. The van der Waals surface area contributed by atoms with Crippen LogP contribution in [0.25, 0.3) is 0 Å². The van der Waals surface area contributed by atoms with Crippen LogP contribution >= 0.6 is 0 Å². The van der Waals surface area contributed by atoms with Crippen LogP contribution in [0.1, 0.15) is 56.9 Å². The Bertz CT molecular complexity index is 642. The number of para-hydroxylation sites is 1. The monoisotopic (exact) mass is 358 g/mol. The average Bonchev–Trinajstić information content (AvgIpc) is 2.67. The first-order chi connectivity index (χ1) is 12.6. The van der Waals surface area contributed by atoms with Gasteiger partial charge in [0, 0.05) is 12.6 Å². The van der Waals surface area contributed by atoms with Crippen LogP contribution in [-0.4, -0.2) is 48.3 Å². The molecule has 26 heavy (non-hydrogen) atoms. The molecule has 2 N–H and O–H groups in total. The first kappa shape index (κ1) is 17.8. The third-order valence-corrected chi connectivity index (χ3v) is 6.30. The molecule has 142 valence electrons. The number of piperidine rings is 1. The second-order valence-electron chi connectivity index (χ2n) is 8.01. The topological polar surface area (TPSA) is 64.8 Å². The Labute approximate surface area is 155 Å². The number of nitrogens with zero attached hydrogens (tertiary/aromatic N) is 1. The van der Waals surface area contributed by atoms with E-state index < -0.39 is 6.10 Å². The van der Waals surface area contributed by atoms with Crippen molar-refractivity contribution in [3.8, 4) is 5.75 Å². The van der Waals surface area contributed by atoms with Gasteiger partial charge in [-0.3, -0.25) is 4.79 Å². The van der Waals surface area contributed by atoms with Gasteiger partial charge in [0.05, 0.1) is 18.8 Å². The molecule has 1 saturated heterocycles. The van der Waals surface area contributed by atoms with Gasteiger partial charge in [-0.25, -0.2) is 0 Å². The van der Waals surface area contributed by atoms with E-state index in [4.69, 9.17) is 15.2 Å². The van der Waals surface area contributed by atoms with Gasteiger partial charge >= 0.3 is 0 Å². The van der Waals surface area contributed by atoms with E-state index in [2.05, 4.69) is 12.1 Å². The van der Waals surface area contributed by atoms with Crippen molar-refractivity contribution in [2.45, 2.75) is 75.7 Å². The molecule has 1 aliphatic carbocycles. The van der Waals surface area contributed by atoms with Crippen LogP contribution < -0.4 is 10.5 Å². The first-order valence-corrected chi connectivity index (χ1v) is 10.1. The summed E-state index contributed by atoms with van der Waals surface area (Å²) in [6, 6.07) is 8.14. The van der Waals surface area contributed by atoms with Gasteiger partial charge in [-0.05, 0) is 63.0 Å². The van der Waals surface area contributed by atoms with Crippen LogP contribution in [0, 0.1) is 0 Å². The summed E-state index contributed by atoms with van der Waals surface area (Å²) < 4.78 is 12.4. The van der Waals surface area contributed by atoms with Gasteiger partial charge in [0.2, 0.25) is 0 Å². The zero-order chi connectivity index (χ0) is 18.1. The van der Waals surface area contributed by atoms with E-state index >= 15 is 0 Å². The summed E-state index contributed by atoms with van der Waals surface area (Å²) in [5.74, 6) is 1.36. The Morgan fingerprint density at radius 1 is 1.12 bits per heavy atom. The number of rotatable bonds is 0. The van der Waals surface area contributed by atoms with Gasteiger partial charge in [0.1, 0.15) is 5.75 Å². The molecule has 3 heterocycles. The summed E-state index contributed by atoms with van der Waals surface area (Å²) in [5, 5.41) is 0. The molecule has 3 aliphatic heterocycles. The van der Waals surface area contributed by atoms with Gasteiger partial charge in [-0.1, -0.05) is 18.2 Å². The minimum Gasteiger partial charge on any atom is -0.481 e. The molecule has 0 unspecified atom stereocenters. The fourth-order valence-corrected chi connectivity index (χ4v) is 4.75. The fourth-order valence-electron chi connectivity index (χ4n) is 4.75. The third-order valence-electron chi connectivity index (χ3n) is 6.30. The smallest absolute Gasteiger partial charge is 0.263 e. The number of hydrogen-bond acceptors (Lipinski definition) is 4. The standard InChI is InChI=1S/C21H30N2O3/c1-14-21(24)23-12-4-6-18(22)19(23)13-25-16-10-8-15(9-11-16)17-5-2-3-7-20(17)26-14/h2-3,5,7,14-16,18-19H,4,6,8-13,22H2,1H3/t14-,15-,16+,18+,19+/m1/s1.